The molecule has 1 fully saturated rings. The number of aromatic nitrogens is 6. The second-order valence-corrected chi connectivity index (χ2v) is 8.51. The summed E-state index contributed by atoms with van der Waals surface area (Å²) in [6, 6.07) is 16.0. The smallest absolute Gasteiger partial charge is 0.269 e. The van der Waals surface area contributed by atoms with Gasteiger partial charge in [0, 0.05) is 11.6 Å². The van der Waals surface area contributed by atoms with Crippen molar-refractivity contribution in [1.82, 2.24) is 29.5 Å². The molecule has 0 bridgehead atoms. The lowest BCUT2D eigenvalue weighted by atomic mass is 9.89. The number of fused-ring (bicyclic) bond motifs is 3. The van der Waals surface area contributed by atoms with Gasteiger partial charge in [-0.15, -0.1) is 0 Å². The highest BCUT2D eigenvalue weighted by molar-refractivity contribution is 5.92. The topological polar surface area (TPSA) is 95.7 Å². The maximum atomic E-state index is 6.08. The lowest BCUT2D eigenvalue weighted by molar-refractivity contribution is 0.372. The van der Waals surface area contributed by atoms with Crippen LogP contribution in [0.3, 0.4) is 0 Å². The van der Waals surface area contributed by atoms with Gasteiger partial charge in [-0.25, -0.2) is 4.98 Å². The summed E-state index contributed by atoms with van der Waals surface area (Å²) < 4.78 is 14.1. The fourth-order valence-electron chi connectivity index (χ4n) is 4.77. The number of benzene rings is 2. The molecule has 0 saturated heterocycles. The molecule has 162 valence electrons. The summed E-state index contributed by atoms with van der Waals surface area (Å²) in [6.07, 6.45) is 7.72. The van der Waals surface area contributed by atoms with E-state index in [2.05, 4.69) is 24.9 Å². The highest BCUT2D eigenvalue weighted by Crippen LogP contribution is 2.34. The van der Waals surface area contributed by atoms with Crippen molar-refractivity contribution in [3.05, 3.63) is 60.7 Å². The molecule has 2 aromatic carbocycles. The van der Waals surface area contributed by atoms with Crippen LogP contribution in [-0.4, -0.2) is 29.5 Å². The Morgan fingerprint density at radius 2 is 1.55 bits per heavy atom. The molecule has 1 saturated carbocycles. The number of oxazole rings is 2. The van der Waals surface area contributed by atoms with Gasteiger partial charge in [-0.2, -0.15) is 19.9 Å². The van der Waals surface area contributed by atoms with E-state index in [1.165, 1.54) is 19.3 Å². The maximum absolute atomic E-state index is 6.08. The molecule has 7 rings (SSSR count). The third-order valence-electron chi connectivity index (χ3n) is 6.40. The molecule has 33 heavy (non-hydrogen) atoms. The number of hydrogen-bond donors (Lipinski definition) is 0. The Morgan fingerprint density at radius 3 is 2.39 bits per heavy atom. The molecule has 4 heterocycles. The Bertz CT molecular complexity index is 1560. The first-order chi connectivity index (χ1) is 16.3. The van der Waals surface area contributed by atoms with Crippen molar-refractivity contribution >= 4 is 33.8 Å². The van der Waals surface area contributed by atoms with Crippen molar-refractivity contribution in [3.8, 4) is 17.1 Å². The largest absolute Gasteiger partial charge is 0.420 e. The predicted molar refractivity (Wildman–Crippen MR) is 123 cm³/mol. The molecule has 4 aromatic heterocycles. The minimum Gasteiger partial charge on any atom is -0.420 e. The van der Waals surface area contributed by atoms with Crippen molar-refractivity contribution in [3.63, 3.8) is 0 Å². The molecular weight excluding hydrogens is 416 g/mol. The van der Waals surface area contributed by atoms with E-state index in [-0.39, 0.29) is 0 Å². The van der Waals surface area contributed by atoms with Crippen LogP contribution in [0.1, 0.15) is 43.9 Å². The van der Waals surface area contributed by atoms with Crippen LogP contribution in [0.15, 0.2) is 63.7 Å². The van der Waals surface area contributed by atoms with Crippen LogP contribution in [0.5, 0.6) is 0 Å². The second kappa shape index (κ2) is 7.23. The molecule has 0 amide bonds. The van der Waals surface area contributed by atoms with E-state index < -0.39 is 0 Å². The van der Waals surface area contributed by atoms with Gasteiger partial charge in [-0.05, 0) is 37.1 Å². The third-order valence-corrected chi connectivity index (χ3v) is 6.40. The quantitative estimate of drug-likeness (QED) is 0.345. The third kappa shape index (κ3) is 3.01. The molecule has 6 aromatic rings. The molecule has 8 heteroatoms. The van der Waals surface area contributed by atoms with Crippen molar-refractivity contribution < 1.29 is 8.83 Å². The van der Waals surface area contributed by atoms with Gasteiger partial charge in [0.05, 0.1) is 16.6 Å². The minimum absolute atomic E-state index is 0.348. The average Bonchev–Trinajstić information content (AvgIpc) is 3.59. The molecule has 0 spiro atoms. The lowest BCUT2D eigenvalue weighted by Gasteiger charge is -2.17. The van der Waals surface area contributed by atoms with Gasteiger partial charge in [0.25, 0.3) is 11.4 Å². The van der Waals surface area contributed by atoms with E-state index in [0.29, 0.717) is 34.5 Å². The Morgan fingerprint density at radius 1 is 0.758 bits per heavy atom. The lowest BCUT2D eigenvalue weighted by Crippen LogP contribution is -2.04. The SMILES string of the molecule is c1ccc(-n2cnc3cccc(-c4nc5nc6oc(C7CCCCC7)nc6nc5o4)c32)cc1. The maximum Gasteiger partial charge on any atom is 0.269 e. The molecule has 0 radical (unpaired) electrons. The molecule has 0 unspecified atom stereocenters. The molecule has 1 aliphatic carbocycles. The first-order valence-electron chi connectivity index (χ1n) is 11.3. The van der Waals surface area contributed by atoms with E-state index in [4.69, 9.17) is 8.83 Å². The van der Waals surface area contributed by atoms with Crippen molar-refractivity contribution in [2.45, 2.75) is 38.0 Å². The van der Waals surface area contributed by atoms with Crippen LogP contribution < -0.4 is 0 Å². The summed E-state index contributed by atoms with van der Waals surface area (Å²) in [5.74, 6) is 1.52. The molecule has 0 atom stereocenters. The summed E-state index contributed by atoms with van der Waals surface area (Å²) in [7, 11) is 0. The van der Waals surface area contributed by atoms with E-state index in [0.717, 1.165) is 41.0 Å². The van der Waals surface area contributed by atoms with Crippen molar-refractivity contribution in [2.75, 3.05) is 0 Å². The molecular formula is C25H20N6O2. The summed E-state index contributed by atoms with van der Waals surface area (Å²) in [6.45, 7) is 0. The van der Waals surface area contributed by atoms with Gasteiger partial charge in [-0.3, -0.25) is 4.57 Å². The van der Waals surface area contributed by atoms with Crippen LogP contribution >= 0.6 is 0 Å². The van der Waals surface area contributed by atoms with Gasteiger partial charge in [-0.1, -0.05) is 43.5 Å². The minimum atomic E-state index is 0.348. The van der Waals surface area contributed by atoms with E-state index in [9.17, 15) is 0 Å². The van der Waals surface area contributed by atoms with E-state index in [1.807, 2.05) is 59.4 Å². The number of nitrogens with zero attached hydrogens (tertiary/aromatic N) is 6. The van der Waals surface area contributed by atoms with Gasteiger partial charge < -0.3 is 8.83 Å². The Labute approximate surface area is 188 Å². The first kappa shape index (κ1) is 18.5. The molecule has 0 aliphatic heterocycles. The average molecular weight is 436 g/mol. The van der Waals surface area contributed by atoms with Gasteiger partial charge in [0.1, 0.15) is 6.33 Å². The van der Waals surface area contributed by atoms with Crippen LogP contribution in [0.2, 0.25) is 0 Å². The normalized spacial score (nSPS) is 15.2. The number of para-hydroxylation sites is 2. The summed E-state index contributed by atoms with van der Waals surface area (Å²) >= 11 is 0. The summed E-state index contributed by atoms with van der Waals surface area (Å²) in [5.41, 5.74) is 5.24. The monoisotopic (exact) mass is 436 g/mol. The highest BCUT2D eigenvalue weighted by atomic mass is 16.4. The predicted octanol–water partition coefficient (Wildman–Crippen LogP) is 5.81. The van der Waals surface area contributed by atoms with Crippen LogP contribution in [0.25, 0.3) is 50.9 Å². The zero-order valence-electron chi connectivity index (χ0n) is 17.8. The van der Waals surface area contributed by atoms with Crippen LogP contribution in [0.4, 0.5) is 0 Å². The standard InChI is InChI=1S/C25H20N6O2/c1-3-8-15(9-4-1)22-27-20-24(32-22)30-21-25(29-20)33-23(28-21)17-12-7-13-18-19(17)31(14-26-18)16-10-5-2-6-11-16/h2,5-7,10-15H,1,3-4,8-9H2. The number of imidazole rings is 1. The van der Waals surface area contributed by atoms with Crippen LogP contribution in [-0.2, 0) is 0 Å². The van der Waals surface area contributed by atoms with Crippen LogP contribution in [0, 0.1) is 0 Å². The summed E-state index contributed by atoms with van der Waals surface area (Å²) in [5, 5.41) is 0. The highest BCUT2D eigenvalue weighted by Gasteiger charge is 2.23. The van der Waals surface area contributed by atoms with Gasteiger partial charge in [0.2, 0.25) is 23.1 Å². The van der Waals surface area contributed by atoms with Crippen molar-refractivity contribution in [1.29, 1.82) is 0 Å². The number of rotatable bonds is 3. The summed E-state index contributed by atoms with van der Waals surface area (Å²) in [4.78, 5) is 23.0. The number of hydrogen-bond acceptors (Lipinski definition) is 7. The Balaban J connectivity index is 1.35. The fraction of sp³-hybridized carbons (Fsp3) is 0.240. The van der Waals surface area contributed by atoms with E-state index in [1.54, 1.807) is 0 Å². The molecule has 0 N–H and O–H groups in total. The first-order valence-corrected chi connectivity index (χ1v) is 11.3. The second-order valence-electron chi connectivity index (χ2n) is 8.51. The Hall–Kier alpha value is -4.07. The fourth-order valence-corrected chi connectivity index (χ4v) is 4.77. The van der Waals surface area contributed by atoms with Gasteiger partial charge in [0.15, 0.2) is 0 Å². The van der Waals surface area contributed by atoms with Crippen molar-refractivity contribution in [2.24, 2.45) is 0 Å². The van der Waals surface area contributed by atoms with E-state index >= 15 is 0 Å². The molecule has 8 nitrogen and oxygen atoms in total. The Kier molecular flexibility index (Phi) is 4.05. The van der Waals surface area contributed by atoms with Gasteiger partial charge >= 0.3 is 0 Å². The zero-order valence-corrected chi connectivity index (χ0v) is 17.8. The molecule has 1 aliphatic rings. The zero-order chi connectivity index (χ0) is 21.8.